The Morgan fingerprint density at radius 2 is 1.86 bits per heavy atom. The zero-order chi connectivity index (χ0) is 24.8. The fourth-order valence-corrected chi connectivity index (χ4v) is 5.50. The first kappa shape index (κ1) is 24.5. The number of methoxy groups -OCH3 is 1. The second-order valence-corrected chi connectivity index (χ2v) is 10.1. The molecule has 1 atom stereocenters. The molecule has 0 saturated carbocycles. The van der Waals surface area contributed by atoms with Gasteiger partial charge in [0.2, 0.25) is 15.9 Å². The van der Waals surface area contributed by atoms with Crippen molar-refractivity contribution < 1.29 is 27.2 Å². The number of carbonyl (C=O) groups excluding carboxylic acids is 2. The Hall–Kier alpha value is -3.63. The second-order valence-electron chi connectivity index (χ2n) is 8.17. The van der Waals surface area contributed by atoms with Gasteiger partial charge in [-0.1, -0.05) is 12.1 Å². The monoisotopic (exact) mass is 497 g/mol. The van der Waals surface area contributed by atoms with Crippen LogP contribution in [0.25, 0.3) is 0 Å². The molecule has 2 aromatic carbocycles. The smallest absolute Gasteiger partial charge is 0.253 e. The fourth-order valence-electron chi connectivity index (χ4n) is 3.97. The average Bonchev–Trinajstić information content (AvgIpc) is 3.41. The Kier molecular flexibility index (Phi) is 7.52. The molecule has 35 heavy (non-hydrogen) atoms. The number of amides is 2. The summed E-state index contributed by atoms with van der Waals surface area (Å²) in [7, 11) is -2.24. The zero-order valence-electron chi connectivity index (χ0n) is 19.3. The number of hydrogen-bond acceptors (Lipinski definition) is 6. The largest absolute Gasteiger partial charge is 0.497 e. The predicted octanol–water partition coefficient (Wildman–Crippen LogP) is 3.26. The van der Waals surface area contributed by atoms with Gasteiger partial charge in [-0.2, -0.15) is 4.31 Å². The third-order valence-corrected chi connectivity index (χ3v) is 7.76. The minimum atomic E-state index is -3.75. The predicted molar refractivity (Wildman–Crippen MR) is 129 cm³/mol. The van der Waals surface area contributed by atoms with Crippen molar-refractivity contribution in [3.63, 3.8) is 0 Å². The van der Waals surface area contributed by atoms with E-state index in [4.69, 9.17) is 9.15 Å². The van der Waals surface area contributed by atoms with E-state index in [0.29, 0.717) is 42.1 Å². The fraction of sp³-hybridized carbons (Fsp3) is 0.280. The van der Waals surface area contributed by atoms with Gasteiger partial charge in [0.05, 0.1) is 42.0 Å². The maximum atomic E-state index is 13.1. The van der Waals surface area contributed by atoms with Crippen LogP contribution in [0.3, 0.4) is 0 Å². The molecule has 1 aliphatic rings. The molecule has 0 spiro atoms. The summed E-state index contributed by atoms with van der Waals surface area (Å²) < 4.78 is 37.9. The van der Waals surface area contributed by atoms with Gasteiger partial charge in [-0.15, -0.1) is 0 Å². The molecule has 0 bridgehead atoms. The van der Waals surface area contributed by atoms with Crippen molar-refractivity contribution in [2.24, 2.45) is 5.92 Å². The van der Waals surface area contributed by atoms with E-state index in [1.807, 2.05) is 0 Å². The molecule has 184 valence electrons. The van der Waals surface area contributed by atoms with Gasteiger partial charge >= 0.3 is 0 Å². The summed E-state index contributed by atoms with van der Waals surface area (Å²) in [6, 6.07) is 16.4. The summed E-state index contributed by atoms with van der Waals surface area (Å²) >= 11 is 0. The lowest BCUT2D eigenvalue weighted by molar-refractivity contribution is -0.120. The maximum absolute atomic E-state index is 13.1. The summed E-state index contributed by atoms with van der Waals surface area (Å²) in [6.07, 6.45) is 2.63. The van der Waals surface area contributed by atoms with Gasteiger partial charge in [0, 0.05) is 13.1 Å². The number of hydrogen-bond donors (Lipinski definition) is 2. The number of para-hydroxylation sites is 1. The first-order valence-electron chi connectivity index (χ1n) is 11.2. The van der Waals surface area contributed by atoms with Crippen molar-refractivity contribution in [1.82, 2.24) is 9.62 Å². The van der Waals surface area contributed by atoms with Crippen LogP contribution in [0.2, 0.25) is 0 Å². The van der Waals surface area contributed by atoms with Crippen LogP contribution in [-0.2, 0) is 21.4 Å². The van der Waals surface area contributed by atoms with E-state index in [0.717, 1.165) is 0 Å². The summed E-state index contributed by atoms with van der Waals surface area (Å²) in [4.78, 5) is 25.9. The number of nitrogens with one attached hydrogen (secondary N) is 2. The third kappa shape index (κ3) is 5.72. The van der Waals surface area contributed by atoms with E-state index in [1.54, 1.807) is 48.5 Å². The number of rotatable bonds is 8. The number of anilines is 1. The van der Waals surface area contributed by atoms with Gasteiger partial charge in [-0.3, -0.25) is 9.59 Å². The van der Waals surface area contributed by atoms with Crippen molar-refractivity contribution >= 4 is 27.5 Å². The Labute approximate surface area is 204 Å². The first-order chi connectivity index (χ1) is 16.9. The quantitative estimate of drug-likeness (QED) is 0.493. The van der Waals surface area contributed by atoms with Crippen LogP contribution in [0.4, 0.5) is 5.69 Å². The summed E-state index contributed by atoms with van der Waals surface area (Å²) in [5, 5.41) is 5.59. The van der Waals surface area contributed by atoms with Crippen LogP contribution in [0.15, 0.2) is 76.2 Å². The van der Waals surface area contributed by atoms with Crippen molar-refractivity contribution in [2.45, 2.75) is 24.3 Å². The molecule has 10 heteroatoms. The van der Waals surface area contributed by atoms with E-state index in [2.05, 4.69) is 10.6 Å². The van der Waals surface area contributed by atoms with Crippen LogP contribution in [0.5, 0.6) is 5.75 Å². The van der Waals surface area contributed by atoms with Gasteiger partial charge in [0.1, 0.15) is 11.5 Å². The normalized spacial score (nSPS) is 16.4. The van der Waals surface area contributed by atoms with Crippen LogP contribution >= 0.6 is 0 Å². The highest BCUT2D eigenvalue weighted by atomic mass is 32.2. The van der Waals surface area contributed by atoms with E-state index >= 15 is 0 Å². The Morgan fingerprint density at radius 1 is 1.09 bits per heavy atom. The van der Waals surface area contributed by atoms with Crippen molar-refractivity contribution in [2.75, 3.05) is 25.5 Å². The molecule has 4 rings (SSSR count). The summed E-state index contributed by atoms with van der Waals surface area (Å²) in [5.41, 5.74) is 0.676. The molecule has 2 heterocycles. The molecular weight excluding hydrogens is 470 g/mol. The summed E-state index contributed by atoms with van der Waals surface area (Å²) in [6.45, 7) is 0.617. The van der Waals surface area contributed by atoms with Crippen LogP contribution in [0.1, 0.15) is 29.0 Å². The van der Waals surface area contributed by atoms with E-state index in [1.165, 1.54) is 29.8 Å². The molecule has 3 aromatic rings. The maximum Gasteiger partial charge on any atom is 0.253 e. The SMILES string of the molecule is COc1ccc(S(=O)(=O)N2CCC[C@H](C(=O)Nc3ccccc3C(=O)NCc3ccco3)C2)cc1. The van der Waals surface area contributed by atoms with Crippen LogP contribution in [0, 0.1) is 5.92 Å². The minimum absolute atomic E-state index is 0.0626. The molecule has 1 fully saturated rings. The third-order valence-electron chi connectivity index (χ3n) is 5.88. The van der Waals surface area contributed by atoms with Crippen molar-refractivity contribution in [3.8, 4) is 5.75 Å². The van der Waals surface area contributed by atoms with Gasteiger partial charge in [-0.05, 0) is 61.4 Å². The second kappa shape index (κ2) is 10.7. The Morgan fingerprint density at radius 3 is 2.57 bits per heavy atom. The van der Waals surface area contributed by atoms with Gasteiger partial charge in [0.25, 0.3) is 5.91 Å². The molecular formula is C25H27N3O6S. The Bertz CT molecular complexity index is 1270. The van der Waals surface area contributed by atoms with Gasteiger partial charge < -0.3 is 19.8 Å². The molecule has 0 radical (unpaired) electrons. The molecule has 1 aliphatic heterocycles. The number of carbonyl (C=O) groups is 2. The standard InChI is InChI=1S/C25H27N3O6S/c1-33-19-10-12-21(13-11-19)35(31,32)28-14-4-6-18(17-28)24(29)27-23-9-3-2-8-22(23)25(30)26-16-20-7-5-15-34-20/h2-3,5,7-13,15,18H,4,6,14,16-17H2,1H3,(H,26,30)(H,27,29)/t18-/m0/s1. The number of ether oxygens (including phenoxy) is 1. The average molecular weight is 498 g/mol. The van der Waals surface area contributed by atoms with Crippen molar-refractivity contribution in [1.29, 1.82) is 0 Å². The number of piperidine rings is 1. The molecule has 2 N–H and O–H groups in total. The van der Waals surface area contributed by atoms with Crippen LogP contribution < -0.4 is 15.4 Å². The summed E-state index contributed by atoms with van der Waals surface area (Å²) in [5.74, 6) is -0.0569. The van der Waals surface area contributed by atoms with Gasteiger partial charge in [-0.25, -0.2) is 8.42 Å². The number of nitrogens with zero attached hydrogens (tertiary/aromatic N) is 1. The lowest BCUT2D eigenvalue weighted by Crippen LogP contribution is -2.43. The highest BCUT2D eigenvalue weighted by Crippen LogP contribution is 2.26. The van der Waals surface area contributed by atoms with Crippen molar-refractivity contribution in [3.05, 3.63) is 78.3 Å². The lowest BCUT2D eigenvalue weighted by atomic mass is 9.98. The molecule has 2 amide bonds. The topological polar surface area (TPSA) is 118 Å². The number of furan rings is 1. The van der Waals surface area contributed by atoms with Crippen LogP contribution in [-0.4, -0.2) is 44.7 Å². The number of sulfonamides is 1. The lowest BCUT2D eigenvalue weighted by Gasteiger charge is -2.31. The van der Waals surface area contributed by atoms with E-state index in [-0.39, 0.29) is 29.8 Å². The Balaban J connectivity index is 1.43. The first-order valence-corrected chi connectivity index (χ1v) is 12.7. The zero-order valence-corrected chi connectivity index (χ0v) is 20.1. The number of benzene rings is 2. The molecule has 1 aromatic heterocycles. The molecule has 9 nitrogen and oxygen atoms in total. The minimum Gasteiger partial charge on any atom is -0.497 e. The van der Waals surface area contributed by atoms with E-state index in [9.17, 15) is 18.0 Å². The molecule has 1 saturated heterocycles. The molecule has 0 unspecified atom stereocenters. The highest BCUT2D eigenvalue weighted by molar-refractivity contribution is 7.89. The van der Waals surface area contributed by atoms with Gasteiger partial charge in [0.15, 0.2) is 0 Å². The van der Waals surface area contributed by atoms with E-state index < -0.39 is 15.9 Å². The molecule has 0 aliphatic carbocycles. The highest BCUT2D eigenvalue weighted by Gasteiger charge is 2.33.